The molecule has 0 bridgehead atoms. The number of unbranched alkanes of at least 4 members (excludes halogenated alkanes) is 35. The average molecular weight is 1230 g/mol. The fraction of sp³-hybridized carbons (Fsp3) is 0.938. The van der Waals surface area contributed by atoms with Crippen LogP contribution in [0, 0.1) is 5.92 Å². The molecule has 83 heavy (non-hydrogen) atoms. The molecule has 0 aromatic rings. The summed E-state index contributed by atoms with van der Waals surface area (Å²) >= 11 is 0. The van der Waals surface area contributed by atoms with Crippen LogP contribution in [0.1, 0.15) is 324 Å². The number of carbonyl (C=O) groups is 4. The molecule has 0 heterocycles. The molecule has 3 unspecified atom stereocenters. The van der Waals surface area contributed by atoms with Gasteiger partial charge in [-0.05, 0) is 31.6 Å². The zero-order valence-electron chi connectivity index (χ0n) is 53.3. The Kier molecular flexibility index (Phi) is 56.4. The molecule has 0 fully saturated rings. The Morgan fingerprint density at radius 3 is 0.855 bits per heavy atom. The Labute approximate surface area is 505 Å². The van der Waals surface area contributed by atoms with Gasteiger partial charge in [0.05, 0.1) is 26.4 Å². The Hall–Kier alpha value is -1.94. The number of carbonyl (C=O) groups excluding carboxylic acids is 4. The third kappa shape index (κ3) is 57.6. The van der Waals surface area contributed by atoms with Crippen LogP contribution in [0.4, 0.5) is 0 Å². The summed E-state index contributed by atoms with van der Waals surface area (Å²) < 4.78 is 67.8. The summed E-state index contributed by atoms with van der Waals surface area (Å²) in [6.45, 7) is 7.07. The maximum Gasteiger partial charge on any atom is 0.472 e. The number of phosphoric ester groups is 2. The first kappa shape index (κ1) is 81.1. The minimum Gasteiger partial charge on any atom is -0.462 e. The monoisotopic (exact) mass is 1230 g/mol. The van der Waals surface area contributed by atoms with Crippen molar-refractivity contribution in [1.29, 1.82) is 0 Å². The average Bonchev–Trinajstić information content (AvgIpc) is 3.46. The van der Waals surface area contributed by atoms with Gasteiger partial charge in [-0.25, -0.2) is 9.13 Å². The maximum atomic E-state index is 13.0. The smallest absolute Gasteiger partial charge is 0.462 e. The molecule has 3 N–H and O–H groups in total. The van der Waals surface area contributed by atoms with Crippen molar-refractivity contribution in [3.05, 3.63) is 0 Å². The standard InChI is InChI=1S/C64H124O17P2/c1-6-10-13-16-18-20-22-24-25-27-29-31-33-39-44-49-63(68)80-60(54-75-62(67)48-43-38-32-30-28-26-23-21-19-17-14-11-7-2)56-79-83(72,73)77-52-58(65)51-76-82(70,71)78-55-59(53-74-61(66)47-42-36-15-12-8-3)81-64(69)50-45-40-35-34-37-41-46-57(5)9-4/h57-60,65H,6-56H2,1-5H3,(H,70,71)(H,72,73)/t57?,58-,59+,60+/m0/s1. The number of ether oxygens (including phenoxy) is 4. The van der Waals surface area contributed by atoms with Crippen LogP contribution in [0.2, 0.25) is 0 Å². The summed E-state index contributed by atoms with van der Waals surface area (Å²) in [4.78, 5) is 72.0. The molecule has 0 amide bonds. The van der Waals surface area contributed by atoms with Crippen molar-refractivity contribution in [3.63, 3.8) is 0 Å². The van der Waals surface area contributed by atoms with Crippen molar-refractivity contribution in [3.8, 4) is 0 Å². The van der Waals surface area contributed by atoms with Crippen LogP contribution in [0.15, 0.2) is 0 Å². The molecule has 19 heteroatoms. The highest BCUT2D eigenvalue weighted by molar-refractivity contribution is 7.47. The summed E-state index contributed by atoms with van der Waals surface area (Å²) in [5.41, 5.74) is 0. The number of aliphatic hydroxyl groups excluding tert-OH is 1. The summed E-state index contributed by atoms with van der Waals surface area (Å²) in [6, 6.07) is 0. The Balaban J connectivity index is 5.18. The minimum absolute atomic E-state index is 0.102. The van der Waals surface area contributed by atoms with Gasteiger partial charge < -0.3 is 33.8 Å². The molecule has 0 aromatic carbocycles. The second kappa shape index (κ2) is 57.8. The van der Waals surface area contributed by atoms with Crippen molar-refractivity contribution in [1.82, 2.24) is 0 Å². The van der Waals surface area contributed by atoms with Crippen LogP contribution < -0.4 is 0 Å². The van der Waals surface area contributed by atoms with Gasteiger partial charge in [0.25, 0.3) is 0 Å². The molecule has 492 valence electrons. The predicted octanol–water partition coefficient (Wildman–Crippen LogP) is 17.8. The van der Waals surface area contributed by atoms with E-state index in [4.69, 9.17) is 37.0 Å². The van der Waals surface area contributed by atoms with E-state index < -0.39 is 97.5 Å². The molecule has 0 radical (unpaired) electrons. The molecule has 0 saturated carbocycles. The molecule has 17 nitrogen and oxygen atoms in total. The summed E-state index contributed by atoms with van der Waals surface area (Å²) in [6.07, 6.45) is 42.0. The van der Waals surface area contributed by atoms with Crippen molar-refractivity contribution in [2.45, 2.75) is 342 Å². The van der Waals surface area contributed by atoms with E-state index in [2.05, 4.69) is 34.6 Å². The third-order valence-corrected chi connectivity index (χ3v) is 17.0. The molecule has 0 aliphatic carbocycles. The van der Waals surface area contributed by atoms with Crippen LogP contribution in [-0.4, -0.2) is 96.7 Å². The molecular weight excluding hydrogens is 1100 g/mol. The van der Waals surface area contributed by atoms with Crippen LogP contribution >= 0.6 is 15.6 Å². The van der Waals surface area contributed by atoms with E-state index in [0.717, 1.165) is 102 Å². The van der Waals surface area contributed by atoms with E-state index in [9.17, 15) is 43.2 Å². The molecule has 0 aliphatic rings. The fourth-order valence-corrected chi connectivity index (χ4v) is 11.1. The lowest BCUT2D eigenvalue weighted by Crippen LogP contribution is -2.30. The normalized spacial score (nSPS) is 14.6. The van der Waals surface area contributed by atoms with Gasteiger partial charge in [0, 0.05) is 25.7 Å². The highest BCUT2D eigenvalue weighted by Gasteiger charge is 2.30. The first-order valence-corrected chi connectivity index (χ1v) is 36.7. The number of hydrogen-bond acceptors (Lipinski definition) is 15. The number of esters is 4. The lowest BCUT2D eigenvalue weighted by molar-refractivity contribution is -0.161. The van der Waals surface area contributed by atoms with Crippen LogP contribution in [0.25, 0.3) is 0 Å². The predicted molar refractivity (Wildman–Crippen MR) is 331 cm³/mol. The first-order chi connectivity index (χ1) is 40.1. The van der Waals surface area contributed by atoms with Crippen LogP contribution in [0.3, 0.4) is 0 Å². The van der Waals surface area contributed by atoms with Crippen molar-refractivity contribution >= 4 is 39.5 Å². The van der Waals surface area contributed by atoms with Gasteiger partial charge in [-0.3, -0.25) is 37.3 Å². The Morgan fingerprint density at radius 2 is 0.578 bits per heavy atom. The Morgan fingerprint density at radius 1 is 0.337 bits per heavy atom. The van der Waals surface area contributed by atoms with E-state index in [1.165, 1.54) is 141 Å². The molecule has 0 spiro atoms. The Bertz CT molecular complexity index is 1620. The summed E-state index contributed by atoms with van der Waals surface area (Å²) in [5.74, 6) is -1.42. The second-order valence-electron chi connectivity index (χ2n) is 23.4. The van der Waals surface area contributed by atoms with Gasteiger partial charge in [-0.1, -0.05) is 272 Å². The number of hydrogen-bond donors (Lipinski definition) is 3. The van der Waals surface area contributed by atoms with E-state index in [1.54, 1.807) is 0 Å². The fourth-order valence-electron chi connectivity index (χ4n) is 9.55. The molecule has 0 aliphatic heterocycles. The highest BCUT2D eigenvalue weighted by atomic mass is 31.2. The van der Waals surface area contributed by atoms with E-state index >= 15 is 0 Å². The molecule has 0 rings (SSSR count). The van der Waals surface area contributed by atoms with Gasteiger partial charge >= 0.3 is 39.5 Å². The third-order valence-electron chi connectivity index (χ3n) is 15.1. The van der Waals surface area contributed by atoms with E-state index in [1.807, 2.05) is 0 Å². The lowest BCUT2D eigenvalue weighted by atomic mass is 10.00. The van der Waals surface area contributed by atoms with E-state index in [-0.39, 0.29) is 25.7 Å². The van der Waals surface area contributed by atoms with Crippen molar-refractivity contribution in [2.75, 3.05) is 39.6 Å². The largest absolute Gasteiger partial charge is 0.472 e. The maximum absolute atomic E-state index is 13.0. The number of phosphoric acid groups is 2. The molecular formula is C64H124O17P2. The second-order valence-corrected chi connectivity index (χ2v) is 26.3. The van der Waals surface area contributed by atoms with E-state index in [0.29, 0.717) is 25.7 Å². The van der Waals surface area contributed by atoms with Crippen LogP contribution in [0.5, 0.6) is 0 Å². The van der Waals surface area contributed by atoms with Gasteiger partial charge in [-0.2, -0.15) is 0 Å². The van der Waals surface area contributed by atoms with Crippen molar-refractivity contribution < 1.29 is 80.2 Å². The zero-order valence-corrected chi connectivity index (χ0v) is 55.1. The number of aliphatic hydroxyl groups is 1. The summed E-state index contributed by atoms with van der Waals surface area (Å²) in [5, 5.41) is 10.5. The first-order valence-electron chi connectivity index (χ1n) is 33.7. The minimum atomic E-state index is -4.94. The van der Waals surface area contributed by atoms with Gasteiger partial charge in [0.1, 0.15) is 19.3 Å². The highest BCUT2D eigenvalue weighted by Crippen LogP contribution is 2.45. The van der Waals surface area contributed by atoms with Crippen LogP contribution in [-0.2, 0) is 65.4 Å². The molecule has 0 aromatic heterocycles. The summed E-state index contributed by atoms with van der Waals surface area (Å²) in [7, 11) is -9.88. The molecule has 0 saturated heterocycles. The quantitative estimate of drug-likeness (QED) is 0.0222. The zero-order chi connectivity index (χ0) is 61.3. The SMILES string of the molecule is CCCCCCCCCCCCCCCCCC(=O)O[C@H](COC(=O)CCCCCCCCCCCCCCC)COP(=O)(O)OC[C@@H](O)COP(=O)(O)OC[C@@H](COC(=O)CCCCCCC)OC(=O)CCCCCCCCC(C)CC. The molecule has 6 atom stereocenters. The van der Waals surface area contributed by atoms with Gasteiger partial charge in [0.2, 0.25) is 0 Å². The number of rotatable bonds is 64. The topological polar surface area (TPSA) is 237 Å². The van der Waals surface area contributed by atoms with Gasteiger partial charge in [-0.15, -0.1) is 0 Å². The van der Waals surface area contributed by atoms with Crippen molar-refractivity contribution in [2.24, 2.45) is 5.92 Å². The van der Waals surface area contributed by atoms with Gasteiger partial charge in [0.15, 0.2) is 12.2 Å². The lowest BCUT2D eigenvalue weighted by Gasteiger charge is -2.21.